The van der Waals surface area contributed by atoms with Gasteiger partial charge in [-0.1, -0.05) is 6.07 Å². The number of fused-ring (bicyclic) bond motifs is 1. The van der Waals surface area contributed by atoms with Crippen LogP contribution in [0.4, 0.5) is 5.95 Å². The second-order valence-corrected chi connectivity index (χ2v) is 6.85. The number of nitrogens with zero attached hydrogens (tertiary/aromatic N) is 5. The summed E-state index contributed by atoms with van der Waals surface area (Å²) in [6.07, 6.45) is 5.87. The van der Waals surface area contributed by atoms with Crippen molar-refractivity contribution in [1.29, 1.82) is 0 Å². The van der Waals surface area contributed by atoms with Crippen LogP contribution in [0.25, 0.3) is 11.2 Å². The molecule has 0 aromatic carbocycles. The average molecular weight is 366 g/mol. The molecule has 1 saturated heterocycles. The number of aromatic nitrogens is 4. The molecule has 1 aliphatic heterocycles. The first-order valence-electron chi connectivity index (χ1n) is 9.06. The number of aliphatic hydroxyl groups is 1. The number of nitrogen functional groups attached to an aromatic ring is 1. The number of imidazole rings is 1. The molecule has 1 amide bonds. The van der Waals surface area contributed by atoms with E-state index in [4.69, 9.17) is 5.73 Å². The molecule has 0 atom stereocenters. The summed E-state index contributed by atoms with van der Waals surface area (Å²) >= 11 is 0. The molecule has 1 fully saturated rings. The first kappa shape index (κ1) is 17.4. The summed E-state index contributed by atoms with van der Waals surface area (Å²) in [7, 11) is 0. The average Bonchev–Trinajstić information content (AvgIpc) is 3.02. The number of anilines is 1. The molecule has 3 aromatic rings. The van der Waals surface area contributed by atoms with Crippen LogP contribution in [0, 0.1) is 0 Å². The number of likely N-dealkylation sites (tertiary alicyclic amines) is 1. The number of amides is 1. The van der Waals surface area contributed by atoms with Crippen LogP contribution in [0.1, 0.15) is 35.7 Å². The van der Waals surface area contributed by atoms with Crippen LogP contribution in [-0.4, -0.2) is 48.5 Å². The van der Waals surface area contributed by atoms with Gasteiger partial charge in [0.1, 0.15) is 5.52 Å². The highest BCUT2D eigenvalue weighted by Gasteiger charge is 2.36. The summed E-state index contributed by atoms with van der Waals surface area (Å²) in [5, 5.41) is 10.9. The number of nitrogens with two attached hydrogens (primary N) is 1. The van der Waals surface area contributed by atoms with Gasteiger partial charge in [0.05, 0.1) is 11.2 Å². The maximum Gasteiger partial charge on any atom is 0.255 e. The summed E-state index contributed by atoms with van der Waals surface area (Å²) < 4.78 is 1.80. The van der Waals surface area contributed by atoms with Crippen molar-refractivity contribution in [3.63, 3.8) is 0 Å². The molecule has 4 rings (SSSR count). The minimum Gasteiger partial charge on any atom is -0.385 e. The Bertz CT molecular complexity index is 977. The quantitative estimate of drug-likeness (QED) is 0.728. The van der Waals surface area contributed by atoms with Crippen molar-refractivity contribution < 1.29 is 9.90 Å². The molecular weight excluding hydrogens is 344 g/mol. The third-order valence-electron chi connectivity index (χ3n) is 5.25. The first-order chi connectivity index (χ1) is 13.0. The van der Waals surface area contributed by atoms with E-state index in [0.29, 0.717) is 55.2 Å². The van der Waals surface area contributed by atoms with E-state index in [9.17, 15) is 9.90 Å². The predicted octanol–water partition coefficient (Wildman–Crippen LogP) is 1.55. The number of hydrogen-bond acceptors (Lipinski definition) is 6. The standard InChI is InChI=1S/C19H22N6O2/c1-2-25-16-15(23-18(25)20)10-13(11-22-16)17(26)24-8-5-19(27,6-9-24)14-4-3-7-21-12-14/h3-4,7,10-12,27H,2,5-6,8-9H2,1H3,(H2,20,23). The molecule has 3 N–H and O–H groups in total. The van der Waals surface area contributed by atoms with E-state index in [1.807, 2.05) is 19.1 Å². The fourth-order valence-corrected chi connectivity index (χ4v) is 3.65. The number of rotatable bonds is 3. The summed E-state index contributed by atoms with van der Waals surface area (Å²) in [5.74, 6) is 0.284. The second kappa shape index (κ2) is 6.62. The van der Waals surface area contributed by atoms with Gasteiger partial charge in [-0.25, -0.2) is 9.97 Å². The third kappa shape index (κ3) is 3.02. The van der Waals surface area contributed by atoms with Gasteiger partial charge in [-0.15, -0.1) is 0 Å². The van der Waals surface area contributed by atoms with E-state index >= 15 is 0 Å². The fourth-order valence-electron chi connectivity index (χ4n) is 3.65. The van der Waals surface area contributed by atoms with Crippen molar-refractivity contribution >= 4 is 23.0 Å². The van der Waals surface area contributed by atoms with Gasteiger partial charge in [-0.3, -0.25) is 14.3 Å². The van der Waals surface area contributed by atoms with E-state index in [-0.39, 0.29) is 5.91 Å². The summed E-state index contributed by atoms with van der Waals surface area (Å²) in [6.45, 7) is 3.57. The van der Waals surface area contributed by atoms with E-state index in [0.717, 1.165) is 5.56 Å². The van der Waals surface area contributed by atoms with Crippen molar-refractivity contribution in [2.75, 3.05) is 18.8 Å². The summed E-state index contributed by atoms with van der Waals surface area (Å²) in [5.41, 5.74) is 7.52. The molecule has 0 unspecified atom stereocenters. The van der Waals surface area contributed by atoms with E-state index in [1.165, 1.54) is 0 Å². The Balaban J connectivity index is 1.52. The number of pyridine rings is 2. The van der Waals surface area contributed by atoms with Crippen molar-refractivity contribution in [3.05, 3.63) is 47.9 Å². The van der Waals surface area contributed by atoms with Gasteiger partial charge in [-0.05, 0) is 31.9 Å². The van der Waals surface area contributed by atoms with Gasteiger partial charge in [0.2, 0.25) is 5.95 Å². The van der Waals surface area contributed by atoms with Crippen LogP contribution in [0.3, 0.4) is 0 Å². The highest BCUT2D eigenvalue weighted by atomic mass is 16.3. The molecule has 3 aromatic heterocycles. The number of hydrogen-bond donors (Lipinski definition) is 2. The second-order valence-electron chi connectivity index (χ2n) is 6.85. The van der Waals surface area contributed by atoms with Crippen LogP contribution >= 0.6 is 0 Å². The molecule has 1 aliphatic rings. The van der Waals surface area contributed by atoms with Gasteiger partial charge in [-0.2, -0.15) is 0 Å². The van der Waals surface area contributed by atoms with E-state index in [2.05, 4.69) is 15.0 Å². The molecule has 8 heteroatoms. The molecule has 0 bridgehead atoms. The van der Waals surface area contributed by atoms with Crippen molar-refractivity contribution in [2.24, 2.45) is 0 Å². The zero-order valence-electron chi connectivity index (χ0n) is 15.2. The molecule has 140 valence electrons. The Morgan fingerprint density at radius 2 is 2.11 bits per heavy atom. The third-order valence-corrected chi connectivity index (χ3v) is 5.25. The minimum atomic E-state index is -0.943. The smallest absolute Gasteiger partial charge is 0.255 e. The summed E-state index contributed by atoms with van der Waals surface area (Å²) in [4.78, 5) is 27.4. The highest BCUT2D eigenvalue weighted by Crippen LogP contribution is 2.32. The lowest BCUT2D eigenvalue weighted by Crippen LogP contribution is -2.45. The molecule has 27 heavy (non-hydrogen) atoms. The lowest BCUT2D eigenvalue weighted by atomic mass is 9.85. The molecule has 0 aliphatic carbocycles. The van der Waals surface area contributed by atoms with Crippen LogP contribution in [0.5, 0.6) is 0 Å². The topological polar surface area (TPSA) is 110 Å². The Labute approximate surface area is 156 Å². The van der Waals surface area contributed by atoms with Gasteiger partial charge in [0, 0.05) is 43.8 Å². The number of aryl methyl sites for hydroxylation is 1. The Morgan fingerprint density at radius 3 is 2.78 bits per heavy atom. The van der Waals surface area contributed by atoms with Crippen molar-refractivity contribution in [3.8, 4) is 0 Å². The van der Waals surface area contributed by atoms with Crippen LogP contribution < -0.4 is 5.73 Å². The molecule has 4 heterocycles. The Kier molecular flexibility index (Phi) is 4.27. The largest absolute Gasteiger partial charge is 0.385 e. The maximum absolute atomic E-state index is 12.9. The molecular formula is C19H22N6O2. The van der Waals surface area contributed by atoms with E-state index in [1.54, 1.807) is 34.1 Å². The van der Waals surface area contributed by atoms with Gasteiger partial charge >= 0.3 is 0 Å². The number of piperidine rings is 1. The van der Waals surface area contributed by atoms with Crippen LogP contribution in [0.2, 0.25) is 0 Å². The van der Waals surface area contributed by atoms with Crippen LogP contribution in [0.15, 0.2) is 36.8 Å². The first-order valence-corrected chi connectivity index (χ1v) is 9.06. The molecule has 8 nitrogen and oxygen atoms in total. The van der Waals surface area contributed by atoms with Crippen LogP contribution in [-0.2, 0) is 12.1 Å². The van der Waals surface area contributed by atoms with Crippen molar-refractivity contribution in [1.82, 2.24) is 24.4 Å². The normalized spacial score (nSPS) is 16.6. The SMILES string of the molecule is CCn1c(N)nc2cc(C(=O)N3CCC(O)(c4cccnc4)CC3)cnc21. The zero-order chi connectivity index (χ0) is 19.0. The maximum atomic E-state index is 12.9. The Morgan fingerprint density at radius 1 is 1.33 bits per heavy atom. The highest BCUT2D eigenvalue weighted by molar-refractivity contribution is 5.96. The minimum absolute atomic E-state index is 0.109. The zero-order valence-corrected chi connectivity index (χ0v) is 15.2. The fraction of sp³-hybridized carbons (Fsp3) is 0.368. The number of carbonyl (C=O) groups excluding carboxylic acids is 1. The lowest BCUT2D eigenvalue weighted by Gasteiger charge is -2.38. The van der Waals surface area contributed by atoms with Gasteiger partial charge < -0.3 is 15.7 Å². The van der Waals surface area contributed by atoms with Gasteiger partial charge in [0.25, 0.3) is 5.91 Å². The van der Waals surface area contributed by atoms with Crippen molar-refractivity contribution in [2.45, 2.75) is 31.9 Å². The molecule has 0 radical (unpaired) electrons. The van der Waals surface area contributed by atoms with Gasteiger partial charge in [0.15, 0.2) is 5.65 Å². The summed E-state index contributed by atoms with van der Waals surface area (Å²) in [6, 6.07) is 5.42. The monoisotopic (exact) mass is 366 g/mol. The predicted molar refractivity (Wildman–Crippen MR) is 101 cm³/mol. The Hall–Kier alpha value is -3.00. The van der Waals surface area contributed by atoms with E-state index < -0.39 is 5.60 Å². The number of carbonyl (C=O) groups is 1. The molecule has 0 saturated carbocycles. The lowest BCUT2D eigenvalue weighted by molar-refractivity contribution is -0.0213. The molecule has 0 spiro atoms.